The van der Waals surface area contributed by atoms with Gasteiger partial charge in [-0.3, -0.25) is 15.0 Å². The number of amides is 3. The minimum Gasteiger partial charge on any atom is -0.338 e. The van der Waals surface area contributed by atoms with E-state index in [1.165, 1.54) is 12.8 Å². The Kier molecular flexibility index (Phi) is 6.90. The maximum absolute atomic E-state index is 12.1. The van der Waals surface area contributed by atoms with Crippen LogP contribution in [0.15, 0.2) is 0 Å². The molecule has 0 aromatic carbocycles. The molecule has 7 heteroatoms. The minimum absolute atomic E-state index is 0. The van der Waals surface area contributed by atoms with Gasteiger partial charge in [0.2, 0.25) is 5.91 Å². The van der Waals surface area contributed by atoms with E-state index in [0.29, 0.717) is 24.7 Å². The van der Waals surface area contributed by atoms with Crippen molar-refractivity contribution in [2.45, 2.75) is 63.7 Å². The molecule has 0 aliphatic carbocycles. The minimum atomic E-state index is -0.414. The number of fused-ring (bicyclic) bond motifs is 2. The molecule has 0 spiro atoms. The molecule has 122 valence electrons. The van der Waals surface area contributed by atoms with E-state index < -0.39 is 6.03 Å². The van der Waals surface area contributed by atoms with Crippen molar-refractivity contribution in [2.24, 2.45) is 0 Å². The quantitative estimate of drug-likeness (QED) is 0.719. The number of hydrogen-bond donors (Lipinski definition) is 3. The van der Waals surface area contributed by atoms with E-state index in [0.717, 1.165) is 12.8 Å². The third-order valence-electron chi connectivity index (χ3n) is 4.59. The Morgan fingerprint density at radius 1 is 1.29 bits per heavy atom. The summed E-state index contributed by atoms with van der Waals surface area (Å²) in [5.74, 6) is -0.232. The van der Waals surface area contributed by atoms with Gasteiger partial charge < -0.3 is 10.6 Å². The first-order valence-corrected chi connectivity index (χ1v) is 7.58. The van der Waals surface area contributed by atoms with Crippen LogP contribution in [-0.2, 0) is 4.79 Å². The summed E-state index contributed by atoms with van der Waals surface area (Å²) in [5, 5.41) is 8.57. The van der Waals surface area contributed by atoms with Crippen molar-refractivity contribution in [3.8, 4) is 0 Å². The predicted molar refractivity (Wildman–Crippen MR) is 84.7 cm³/mol. The molecule has 0 saturated carbocycles. The monoisotopic (exact) mass is 318 g/mol. The van der Waals surface area contributed by atoms with E-state index in [1.54, 1.807) is 0 Å². The molecule has 0 aromatic heterocycles. The lowest BCUT2D eigenvalue weighted by Crippen LogP contribution is -2.54. The summed E-state index contributed by atoms with van der Waals surface area (Å²) in [6, 6.07) is 0.909. The maximum Gasteiger partial charge on any atom is 0.321 e. The van der Waals surface area contributed by atoms with Crippen LogP contribution in [-0.4, -0.2) is 54.6 Å². The first-order valence-electron chi connectivity index (χ1n) is 7.58. The highest BCUT2D eigenvalue weighted by molar-refractivity contribution is 5.96. The molecule has 21 heavy (non-hydrogen) atoms. The van der Waals surface area contributed by atoms with E-state index in [-0.39, 0.29) is 24.4 Å². The van der Waals surface area contributed by atoms with Gasteiger partial charge in [-0.25, -0.2) is 4.79 Å². The molecular weight excluding hydrogens is 292 g/mol. The average Bonchev–Trinajstić information content (AvgIpc) is 2.75. The van der Waals surface area contributed by atoms with Gasteiger partial charge in [0.25, 0.3) is 0 Å². The van der Waals surface area contributed by atoms with Crippen LogP contribution >= 0.6 is 12.4 Å². The van der Waals surface area contributed by atoms with Crippen LogP contribution in [0.3, 0.4) is 0 Å². The molecule has 3 amide bonds. The van der Waals surface area contributed by atoms with Gasteiger partial charge in [-0.05, 0) is 46.6 Å². The second-order valence-corrected chi connectivity index (χ2v) is 5.95. The number of urea groups is 1. The second-order valence-electron chi connectivity index (χ2n) is 5.95. The van der Waals surface area contributed by atoms with Gasteiger partial charge in [0.15, 0.2) is 0 Å². The normalized spacial score (nSPS) is 28.7. The van der Waals surface area contributed by atoms with Gasteiger partial charge in [-0.15, -0.1) is 12.4 Å². The summed E-state index contributed by atoms with van der Waals surface area (Å²) < 4.78 is 0. The van der Waals surface area contributed by atoms with Gasteiger partial charge in [-0.2, -0.15) is 0 Å². The largest absolute Gasteiger partial charge is 0.338 e. The SMILES string of the molecule is CCNC(=O)NC(=O)C(C)N(C)C1CC2CCC(C1)N2.Cl. The lowest BCUT2D eigenvalue weighted by atomic mass is 9.97. The average molecular weight is 319 g/mol. The third kappa shape index (κ3) is 4.56. The molecule has 6 nitrogen and oxygen atoms in total. The van der Waals surface area contributed by atoms with Crippen LogP contribution in [0.2, 0.25) is 0 Å². The summed E-state index contributed by atoms with van der Waals surface area (Å²) in [6.45, 7) is 4.20. The molecule has 2 aliphatic heterocycles. The van der Waals surface area contributed by atoms with E-state index in [9.17, 15) is 9.59 Å². The Morgan fingerprint density at radius 3 is 2.38 bits per heavy atom. The van der Waals surface area contributed by atoms with Crippen molar-refractivity contribution in [1.29, 1.82) is 0 Å². The molecule has 2 fully saturated rings. The number of hydrogen-bond acceptors (Lipinski definition) is 4. The lowest BCUT2D eigenvalue weighted by molar-refractivity contribution is -0.125. The zero-order chi connectivity index (χ0) is 14.7. The zero-order valence-electron chi connectivity index (χ0n) is 13.0. The van der Waals surface area contributed by atoms with Crippen molar-refractivity contribution in [2.75, 3.05) is 13.6 Å². The summed E-state index contributed by atoms with van der Waals surface area (Å²) >= 11 is 0. The molecule has 2 rings (SSSR count). The zero-order valence-corrected chi connectivity index (χ0v) is 13.8. The van der Waals surface area contributed by atoms with E-state index in [2.05, 4.69) is 20.9 Å². The molecule has 3 N–H and O–H groups in total. The summed E-state index contributed by atoms with van der Waals surface area (Å²) in [6.07, 6.45) is 4.67. The van der Waals surface area contributed by atoms with Gasteiger partial charge >= 0.3 is 6.03 Å². The summed E-state index contributed by atoms with van der Waals surface area (Å²) in [4.78, 5) is 25.6. The van der Waals surface area contributed by atoms with Crippen LogP contribution < -0.4 is 16.0 Å². The van der Waals surface area contributed by atoms with Crippen LogP contribution in [0.1, 0.15) is 39.5 Å². The lowest BCUT2D eigenvalue weighted by Gasteiger charge is -2.38. The Hall–Kier alpha value is -0.850. The summed E-state index contributed by atoms with van der Waals surface area (Å²) in [5.41, 5.74) is 0. The van der Waals surface area contributed by atoms with E-state index >= 15 is 0 Å². The fourth-order valence-electron chi connectivity index (χ4n) is 3.28. The molecule has 3 unspecified atom stereocenters. The van der Waals surface area contributed by atoms with Gasteiger partial charge in [0, 0.05) is 24.7 Å². The number of carbonyl (C=O) groups is 2. The number of carbonyl (C=O) groups excluding carboxylic acids is 2. The standard InChI is InChI=1S/C14H26N4O2.ClH/c1-4-15-14(20)17-13(19)9(2)18(3)12-7-10-5-6-11(8-12)16-10;/h9-12,16H,4-8H2,1-3H3,(H2,15,17,19,20);1H. The number of imide groups is 1. The van der Waals surface area contributed by atoms with E-state index in [1.807, 2.05) is 20.9 Å². The smallest absolute Gasteiger partial charge is 0.321 e. The molecule has 2 saturated heterocycles. The van der Waals surface area contributed by atoms with Crippen molar-refractivity contribution in [3.05, 3.63) is 0 Å². The van der Waals surface area contributed by atoms with Crippen LogP contribution in [0, 0.1) is 0 Å². The van der Waals surface area contributed by atoms with Crippen molar-refractivity contribution in [1.82, 2.24) is 20.9 Å². The number of halogens is 1. The van der Waals surface area contributed by atoms with Crippen molar-refractivity contribution >= 4 is 24.3 Å². The fourth-order valence-corrected chi connectivity index (χ4v) is 3.28. The Balaban J connectivity index is 0.00000220. The highest BCUT2D eigenvalue weighted by Crippen LogP contribution is 2.29. The first-order chi connectivity index (χ1) is 9.51. The van der Waals surface area contributed by atoms with E-state index in [4.69, 9.17) is 0 Å². The van der Waals surface area contributed by atoms with Crippen LogP contribution in [0.25, 0.3) is 0 Å². The predicted octanol–water partition coefficient (Wildman–Crippen LogP) is 0.857. The number of likely N-dealkylation sites (N-methyl/N-ethyl adjacent to an activating group) is 1. The molecular formula is C14H27ClN4O2. The maximum atomic E-state index is 12.1. The van der Waals surface area contributed by atoms with Gasteiger partial charge in [0.1, 0.15) is 0 Å². The molecule has 2 heterocycles. The highest BCUT2D eigenvalue weighted by Gasteiger charge is 2.37. The second kappa shape index (κ2) is 7.96. The van der Waals surface area contributed by atoms with Crippen LogP contribution in [0.4, 0.5) is 4.79 Å². The fraction of sp³-hybridized carbons (Fsp3) is 0.857. The molecule has 3 atom stereocenters. The Bertz CT molecular complexity index is 368. The Morgan fingerprint density at radius 2 is 1.86 bits per heavy atom. The van der Waals surface area contributed by atoms with Crippen molar-refractivity contribution < 1.29 is 9.59 Å². The third-order valence-corrected chi connectivity index (χ3v) is 4.59. The summed E-state index contributed by atoms with van der Waals surface area (Å²) in [7, 11) is 1.98. The van der Waals surface area contributed by atoms with Crippen molar-refractivity contribution in [3.63, 3.8) is 0 Å². The molecule has 2 bridgehead atoms. The van der Waals surface area contributed by atoms with Gasteiger partial charge in [-0.1, -0.05) is 0 Å². The highest BCUT2D eigenvalue weighted by atomic mass is 35.5. The number of rotatable bonds is 4. The first kappa shape index (κ1) is 18.2. The molecule has 2 aliphatic rings. The number of piperidine rings is 1. The van der Waals surface area contributed by atoms with Crippen LogP contribution in [0.5, 0.6) is 0 Å². The topological polar surface area (TPSA) is 73.5 Å². The van der Waals surface area contributed by atoms with Gasteiger partial charge in [0.05, 0.1) is 6.04 Å². The Labute approximate surface area is 132 Å². The molecule has 0 radical (unpaired) electrons. The number of nitrogens with one attached hydrogen (secondary N) is 3. The number of nitrogens with zero attached hydrogens (tertiary/aromatic N) is 1. The molecule has 0 aromatic rings.